The second-order valence-corrected chi connectivity index (χ2v) is 6.16. The Labute approximate surface area is 130 Å². The molecule has 4 nitrogen and oxygen atoms in total. The van der Waals surface area contributed by atoms with Gasteiger partial charge in [-0.1, -0.05) is 30.3 Å². The number of rotatable bonds is 3. The van der Waals surface area contributed by atoms with E-state index in [1.165, 1.54) is 0 Å². The summed E-state index contributed by atoms with van der Waals surface area (Å²) in [6.07, 6.45) is 1.65. The molecule has 0 radical (unpaired) electrons. The van der Waals surface area contributed by atoms with Crippen molar-refractivity contribution < 1.29 is 13.9 Å². The standard InChI is InChI=1S/C17H23FN2O2/c18-15-8-10-19(11-15)16-7-4-9-20(12-16)17(21)22-13-14-5-2-1-3-6-14/h1-3,5-6,15-16H,4,7-13H2/t15?,16-/m0/s1. The number of nitrogens with zero attached hydrogens (tertiary/aromatic N) is 2. The number of benzene rings is 1. The van der Waals surface area contributed by atoms with E-state index in [-0.39, 0.29) is 12.1 Å². The zero-order valence-electron chi connectivity index (χ0n) is 12.8. The van der Waals surface area contributed by atoms with Crippen LogP contribution >= 0.6 is 0 Å². The Hall–Kier alpha value is -1.62. The first-order valence-corrected chi connectivity index (χ1v) is 8.06. The lowest BCUT2D eigenvalue weighted by Gasteiger charge is -2.36. The van der Waals surface area contributed by atoms with Crippen LogP contribution in [0.4, 0.5) is 9.18 Å². The van der Waals surface area contributed by atoms with Crippen LogP contribution in [0.15, 0.2) is 30.3 Å². The summed E-state index contributed by atoms with van der Waals surface area (Å²) in [6.45, 7) is 3.00. The average molecular weight is 306 g/mol. The Morgan fingerprint density at radius 1 is 1.18 bits per heavy atom. The van der Waals surface area contributed by atoms with Crippen LogP contribution in [0.5, 0.6) is 0 Å². The second kappa shape index (κ2) is 7.09. The number of halogens is 1. The molecule has 0 aliphatic carbocycles. The number of ether oxygens (including phenoxy) is 1. The highest BCUT2D eigenvalue weighted by Gasteiger charge is 2.32. The molecule has 1 aromatic rings. The molecule has 0 bridgehead atoms. The highest BCUT2D eigenvalue weighted by Crippen LogP contribution is 2.22. The van der Waals surface area contributed by atoms with Crippen LogP contribution in [0.3, 0.4) is 0 Å². The van der Waals surface area contributed by atoms with E-state index < -0.39 is 6.17 Å². The first-order valence-electron chi connectivity index (χ1n) is 8.06. The van der Waals surface area contributed by atoms with Crippen molar-refractivity contribution in [3.8, 4) is 0 Å². The lowest BCUT2D eigenvalue weighted by molar-refractivity contribution is 0.0651. The molecule has 0 N–H and O–H groups in total. The van der Waals surface area contributed by atoms with Crippen LogP contribution in [0.25, 0.3) is 0 Å². The maximum absolute atomic E-state index is 13.3. The SMILES string of the molecule is O=C(OCc1ccccc1)N1CCC[C@H](N2CCC(F)C2)C1. The van der Waals surface area contributed by atoms with Crippen LogP contribution in [-0.2, 0) is 11.3 Å². The smallest absolute Gasteiger partial charge is 0.410 e. The fraction of sp³-hybridized carbons (Fsp3) is 0.588. The zero-order valence-corrected chi connectivity index (χ0v) is 12.8. The molecule has 2 aliphatic heterocycles. The first kappa shape index (κ1) is 15.3. The quantitative estimate of drug-likeness (QED) is 0.861. The fourth-order valence-electron chi connectivity index (χ4n) is 3.30. The number of hydrogen-bond donors (Lipinski definition) is 0. The van der Waals surface area contributed by atoms with Crippen molar-refractivity contribution >= 4 is 6.09 Å². The summed E-state index contributed by atoms with van der Waals surface area (Å²) < 4.78 is 18.7. The molecule has 2 fully saturated rings. The van der Waals surface area contributed by atoms with Crippen LogP contribution in [0.2, 0.25) is 0 Å². The first-order chi connectivity index (χ1) is 10.7. The summed E-state index contributed by atoms with van der Waals surface area (Å²) in [5, 5.41) is 0. The van der Waals surface area contributed by atoms with Gasteiger partial charge in [-0.15, -0.1) is 0 Å². The third-order valence-corrected chi connectivity index (χ3v) is 4.54. The van der Waals surface area contributed by atoms with Gasteiger partial charge in [0.15, 0.2) is 0 Å². The third-order valence-electron chi connectivity index (χ3n) is 4.54. The highest BCUT2D eigenvalue weighted by atomic mass is 19.1. The minimum Gasteiger partial charge on any atom is -0.445 e. The maximum Gasteiger partial charge on any atom is 0.410 e. The second-order valence-electron chi connectivity index (χ2n) is 6.16. The van der Waals surface area contributed by atoms with E-state index in [1.807, 2.05) is 30.3 Å². The molecular formula is C17H23FN2O2. The molecule has 2 saturated heterocycles. The van der Waals surface area contributed by atoms with Crippen molar-refractivity contribution in [2.24, 2.45) is 0 Å². The summed E-state index contributed by atoms with van der Waals surface area (Å²) in [5.74, 6) is 0. The van der Waals surface area contributed by atoms with Crippen molar-refractivity contribution in [2.45, 2.75) is 38.1 Å². The van der Waals surface area contributed by atoms with Crippen molar-refractivity contribution in [1.29, 1.82) is 0 Å². The molecular weight excluding hydrogens is 283 g/mol. The molecule has 1 unspecified atom stereocenters. The summed E-state index contributed by atoms with van der Waals surface area (Å²) in [5.41, 5.74) is 0.990. The number of alkyl halides is 1. The largest absolute Gasteiger partial charge is 0.445 e. The Morgan fingerprint density at radius 3 is 2.73 bits per heavy atom. The summed E-state index contributed by atoms with van der Waals surface area (Å²) in [7, 11) is 0. The van der Waals surface area contributed by atoms with Gasteiger partial charge >= 0.3 is 6.09 Å². The predicted molar refractivity (Wildman–Crippen MR) is 82.3 cm³/mol. The van der Waals surface area contributed by atoms with E-state index in [0.29, 0.717) is 26.1 Å². The normalized spacial score (nSPS) is 26.1. The van der Waals surface area contributed by atoms with Gasteiger partial charge in [0.1, 0.15) is 12.8 Å². The van der Waals surface area contributed by atoms with Crippen molar-refractivity contribution in [3.05, 3.63) is 35.9 Å². The van der Waals surface area contributed by atoms with Crippen molar-refractivity contribution in [3.63, 3.8) is 0 Å². The minimum absolute atomic E-state index is 0.260. The molecule has 120 valence electrons. The summed E-state index contributed by atoms with van der Waals surface area (Å²) >= 11 is 0. The van der Waals surface area contributed by atoms with Gasteiger partial charge in [0.2, 0.25) is 0 Å². The lowest BCUT2D eigenvalue weighted by atomic mass is 10.1. The Morgan fingerprint density at radius 2 is 2.00 bits per heavy atom. The Kier molecular flexibility index (Phi) is 4.93. The van der Waals surface area contributed by atoms with Crippen LogP contribution < -0.4 is 0 Å². The van der Waals surface area contributed by atoms with Gasteiger partial charge in [-0.3, -0.25) is 4.90 Å². The molecule has 3 rings (SSSR count). The van der Waals surface area contributed by atoms with E-state index in [2.05, 4.69) is 4.90 Å². The molecule has 2 atom stereocenters. The average Bonchev–Trinajstić information content (AvgIpc) is 3.00. The van der Waals surface area contributed by atoms with E-state index >= 15 is 0 Å². The monoisotopic (exact) mass is 306 g/mol. The number of likely N-dealkylation sites (tertiary alicyclic amines) is 2. The van der Waals surface area contributed by atoms with E-state index in [4.69, 9.17) is 4.74 Å². The molecule has 22 heavy (non-hydrogen) atoms. The van der Waals surface area contributed by atoms with Gasteiger partial charge in [0, 0.05) is 32.2 Å². The Balaban J connectivity index is 1.49. The van der Waals surface area contributed by atoms with Gasteiger partial charge in [-0.05, 0) is 24.8 Å². The third kappa shape index (κ3) is 3.77. The molecule has 1 aromatic carbocycles. The molecule has 5 heteroatoms. The lowest BCUT2D eigenvalue weighted by Crippen LogP contribution is -2.49. The topological polar surface area (TPSA) is 32.8 Å². The molecule has 2 heterocycles. The number of piperidine rings is 1. The van der Waals surface area contributed by atoms with Crippen LogP contribution in [0.1, 0.15) is 24.8 Å². The Bertz CT molecular complexity index is 497. The maximum atomic E-state index is 13.3. The summed E-state index contributed by atoms with van der Waals surface area (Å²) in [6, 6.07) is 9.96. The van der Waals surface area contributed by atoms with E-state index in [1.54, 1.807) is 4.90 Å². The molecule has 0 saturated carbocycles. The number of amides is 1. The van der Waals surface area contributed by atoms with Gasteiger partial charge < -0.3 is 9.64 Å². The highest BCUT2D eigenvalue weighted by molar-refractivity contribution is 5.67. The van der Waals surface area contributed by atoms with Gasteiger partial charge in [-0.2, -0.15) is 0 Å². The van der Waals surface area contributed by atoms with Crippen molar-refractivity contribution in [2.75, 3.05) is 26.2 Å². The molecule has 2 aliphatic rings. The van der Waals surface area contributed by atoms with Crippen molar-refractivity contribution in [1.82, 2.24) is 9.80 Å². The predicted octanol–water partition coefficient (Wildman–Crippen LogP) is 2.83. The molecule has 1 amide bonds. The van der Waals surface area contributed by atoms with Gasteiger partial charge in [-0.25, -0.2) is 9.18 Å². The molecule has 0 spiro atoms. The fourth-order valence-corrected chi connectivity index (χ4v) is 3.30. The summed E-state index contributed by atoms with van der Waals surface area (Å²) in [4.78, 5) is 16.2. The van der Waals surface area contributed by atoms with E-state index in [9.17, 15) is 9.18 Å². The minimum atomic E-state index is -0.708. The number of hydrogen-bond acceptors (Lipinski definition) is 3. The number of carbonyl (C=O) groups is 1. The number of carbonyl (C=O) groups excluding carboxylic acids is 1. The van der Waals surface area contributed by atoms with Gasteiger partial charge in [0.25, 0.3) is 0 Å². The van der Waals surface area contributed by atoms with Crippen LogP contribution in [-0.4, -0.2) is 54.3 Å². The molecule has 0 aromatic heterocycles. The van der Waals surface area contributed by atoms with Gasteiger partial charge in [0.05, 0.1) is 0 Å². The van der Waals surface area contributed by atoms with E-state index in [0.717, 1.165) is 31.5 Å². The van der Waals surface area contributed by atoms with Crippen LogP contribution in [0, 0.1) is 0 Å². The zero-order chi connectivity index (χ0) is 15.4.